The number of carbonyl (C=O) groups is 3. The molecule has 0 aromatic rings. The predicted molar refractivity (Wildman–Crippen MR) is 339 cm³/mol. The van der Waals surface area contributed by atoms with E-state index in [1.807, 2.05) is 0 Å². The number of carbonyl (C=O) groups excluding carboxylic acids is 3. The summed E-state index contributed by atoms with van der Waals surface area (Å²) in [6.07, 6.45) is 85.2. The summed E-state index contributed by atoms with van der Waals surface area (Å²) in [6, 6.07) is 0. The van der Waals surface area contributed by atoms with Gasteiger partial charge in [-0.3, -0.25) is 14.4 Å². The van der Waals surface area contributed by atoms with Crippen LogP contribution in [0.1, 0.15) is 361 Å². The van der Waals surface area contributed by atoms with Gasteiger partial charge in [-0.1, -0.05) is 293 Å². The Morgan fingerprint density at radius 1 is 0.256 bits per heavy atom. The summed E-state index contributed by atoms with van der Waals surface area (Å²) in [5.74, 6) is -0.869. The Morgan fingerprint density at radius 2 is 0.462 bits per heavy atom. The van der Waals surface area contributed by atoms with Crippen molar-refractivity contribution in [1.29, 1.82) is 0 Å². The molecular weight excluding hydrogens is 961 g/mol. The van der Waals surface area contributed by atoms with Gasteiger partial charge in [-0.15, -0.1) is 0 Å². The minimum Gasteiger partial charge on any atom is -0.462 e. The Balaban J connectivity index is 4.31. The molecule has 1 atom stereocenters. The standard InChI is InChI=1S/C72H130O6/c1-4-7-10-13-16-19-22-25-28-30-32-34-36-38-40-42-44-47-50-53-56-59-62-65-71(74)77-68-69(67-76-70(73)64-61-58-55-52-49-46-27-24-21-18-15-12-9-6-3)78-72(75)66-63-60-57-54-51-48-45-43-41-39-37-35-33-31-29-26-23-20-17-14-11-8-5-2/h22-27,30-33,69H,4-21,28-29,34-68H2,1-3H3/b25-22-,26-23-,27-24-,32-30-,33-31-. The van der Waals surface area contributed by atoms with Crippen LogP contribution in [0.3, 0.4) is 0 Å². The fourth-order valence-corrected chi connectivity index (χ4v) is 10.0. The van der Waals surface area contributed by atoms with Crippen LogP contribution in [0.2, 0.25) is 0 Å². The van der Waals surface area contributed by atoms with Crippen LogP contribution < -0.4 is 0 Å². The zero-order chi connectivity index (χ0) is 56.4. The Bertz CT molecular complexity index is 1390. The number of esters is 3. The molecule has 0 N–H and O–H groups in total. The number of hydrogen-bond acceptors (Lipinski definition) is 6. The van der Waals surface area contributed by atoms with E-state index in [0.717, 1.165) is 77.0 Å². The van der Waals surface area contributed by atoms with E-state index >= 15 is 0 Å². The average Bonchev–Trinajstić information content (AvgIpc) is 3.44. The average molecular weight is 1090 g/mol. The van der Waals surface area contributed by atoms with Crippen molar-refractivity contribution >= 4 is 17.9 Å². The molecule has 78 heavy (non-hydrogen) atoms. The van der Waals surface area contributed by atoms with Gasteiger partial charge in [-0.25, -0.2) is 0 Å². The lowest BCUT2D eigenvalue weighted by molar-refractivity contribution is -0.167. The molecular formula is C72H130O6. The molecule has 0 fully saturated rings. The smallest absolute Gasteiger partial charge is 0.306 e. The normalized spacial score (nSPS) is 12.4. The first-order valence-corrected chi connectivity index (χ1v) is 34.3. The summed E-state index contributed by atoms with van der Waals surface area (Å²) in [5.41, 5.74) is 0. The lowest BCUT2D eigenvalue weighted by Gasteiger charge is -2.18. The molecule has 6 nitrogen and oxygen atoms in total. The monoisotopic (exact) mass is 1090 g/mol. The van der Waals surface area contributed by atoms with Crippen LogP contribution in [-0.4, -0.2) is 37.2 Å². The zero-order valence-electron chi connectivity index (χ0n) is 52.2. The van der Waals surface area contributed by atoms with Crippen LogP contribution in [0, 0.1) is 0 Å². The molecule has 0 saturated heterocycles. The topological polar surface area (TPSA) is 78.9 Å². The quantitative estimate of drug-likeness (QED) is 0.0261. The fourth-order valence-electron chi connectivity index (χ4n) is 10.0. The van der Waals surface area contributed by atoms with E-state index in [1.165, 1.54) is 244 Å². The van der Waals surface area contributed by atoms with Gasteiger partial charge < -0.3 is 14.2 Å². The molecule has 0 radical (unpaired) electrons. The van der Waals surface area contributed by atoms with E-state index in [9.17, 15) is 14.4 Å². The molecule has 0 aliphatic rings. The third-order valence-corrected chi connectivity index (χ3v) is 15.2. The minimum absolute atomic E-state index is 0.0763. The van der Waals surface area contributed by atoms with Gasteiger partial charge in [-0.2, -0.15) is 0 Å². The summed E-state index contributed by atoms with van der Waals surface area (Å²) in [6.45, 7) is 6.65. The minimum atomic E-state index is -0.780. The number of allylic oxidation sites excluding steroid dienone is 10. The Morgan fingerprint density at radius 3 is 0.718 bits per heavy atom. The van der Waals surface area contributed by atoms with Gasteiger partial charge in [-0.05, 0) is 109 Å². The fraction of sp³-hybridized carbons (Fsp3) is 0.819. The third-order valence-electron chi connectivity index (χ3n) is 15.2. The van der Waals surface area contributed by atoms with Crippen molar-refractivity contribution in [1.82, 2.24) is 0 Å². The number of unbranched alkanes of at least 4 members (excludes halogenated alkanes) is 42. The second kappa shape index (κ2) is 66.6. The SMILES string of the molecule is CCCCCCC/C=C\C/C=C\CCCCCCCCCCCCCC(=O)OCC(COC(=O)CCCCCCC/C=C\CCCCCCC)OC(=O)CCCCCCCCCCCCC/C=C\C/C=C\CCCCCCC. The van der Waals surface area contributed by atoms with Crippen LogP contribution >= 0.6 is 0 Å². The van der Waals surface area contributed by atoms with Gasteiger partial charge in [0.25, 0.3) is 0 Å². The van der Waals surface area contributed by atoms with Gasteiger partial charge >= 0.3 is 17.9 Å². The second-order valence-electron chi connectivity index (χ2n) is 23.1. The van der Waals surface area contributed by atoms with Gasteiger partial charge in [0.15, 0.2) is 6.10 Å². The predicted octanol–water partition coefficient (Wildman–Crippen LogP) is 23.5. The van der Waals surface area contributed by atoms with Crippen LogP contribution in [0.5, 0.6) is 0 Å². The maximum absolute atomic E-state index is 12.9. The highest BCUT2D eigenvalue weighted by Gasteiger charge is 2.19. The number of ether oxygens (including phenoxy) is 3. The first-order valence-electron chi connectivity index (χ1n) is 34.3. The van der Waals surface area contributed by atoms with Crippen molar-refractivity contribution in [3.05, 3.63) is 60.8 Å². The van der Waals surface area contributed by atoms with Crippen molar-refractivity contribution in [3.8, 4) is 0 Å². The van der Waals surface area contributed by atoms with Crippen molar-refractivity contribution < 1.29 is 28.6 Å². The molecule has 0 aliphatic carbocycles. The van der Waals surface area contributed by atoms with Crippen molar-refractivity contribution in [3.63, 3.8) is 0 Å². The van der Waals surface area contributed by atoms with Crippen LogP contribution in [0.25, 0.3) is 0 Å². The van der Waals surface area contributed by atoms with Gasteiger partial charge in [0, 0.05) is 19.3 Å². The highest BCUT2D eigenvalue weighted by atomic mass is 16.6. The lowest BCUT2D eigenvalue weighted by atomic mass is 10.0. The number of hydrogen-bond donors (Lipinski definition) is 0. The van der Waals surface area contributed by atoms with E-state index in [-0.39, 0.29) is 31.1 Å². The molecule has 0 aromatic carbocycles. The Kier molecular flexibility index (Phi) is 64.2. The Hall–Kier alpha value is -2.89. The summed E-state index contributed by atoms with van der Waals surface area (Å²) < 4.78 is 17.0. The zero-order valence-corrected chi connectivity index (χ0v) is 52.2. The summed E-state index contributed by atoms with van der Waals surface area (Å²) in [7, 11) is 0. The van der Waals surface area contributed by atoms with Gasteiger partial charge in [0.05, 0.1) is 0 Å². The van der Waals surface area contributed by atoms with Crippen LogP contribution in [-0.2, 0) is 28.6 Å². The molecule has 0 spiro atoms. The lowest BCUT2D eigenvalue weighted by Crippen LogP contribution is -2.30. The van der Waals surface area contributed by atoms with Crippen molar-refractivity contribution in [2.75, 3.05) is 13.2 Å². The van der Waals surface area contributed by atoms with Crippen molar-refractivity contribution in [2.24, 2.45) is 0 Å². The molecule has 0 heterocycles. The second-order valence-corrected chi connectivity index (χ2v) is 23.1. The molecule has 1 unspecified atom stereocenters. The van der Waals surface area contributed by atoms with Crippen LogP contribution in [0.15, 0.2) is 60.8 Å². The van der Waals surface area contributed by atoms with E-state index in [4.69, 9.17) is 14.2 Å². The van der Waals surface area contributed by atoms with Gasteiger partial charge in [0.1, 0.15) is 13.2 Å². The first kappa shape index (κ1) is 75.1. The van der Waals surface area contributed by atoms with Gasteiger partial charge in [0.2, 0.25) is 0 Å². The molecule has 454 valence electrons. The number of rotatable bonds is 63. The molecule has 0 rings (SSSR count). The summed E-state index contributed by atoms with van der Waals surface area (Å²) in [4.78, 5) is 38.4. The largest absolute Gasteiger partial charge is 0.462 e. The molecule has 6 heteroatoms. The van der Waals surface area contributed by atoms with E-state index in [1.54, 1.807) is 0 Å². The third kappa shape index (κ3) is 63.9. The maximum atomic E-state index is 12.9. The Labute approximate surface area is 485 Å². The summed E-state index contributed by atoms with van der Waals surface area (Å²) in [5, 5.41) is 0. The van der Waals surface area contributed by atoms with E-state index in [0.29, 0.717) is 19.3 Å². The molecule has 0 aliphatic heterocycles. The maximum Gasteiger partial charge on any atom is 0.306 e. The molecule has 0 aromatic heterocycles. The van der Waals surface area contributed by atoms with Crippen molar-refractivity contribution in [2.45, 2.75) is 367 Å². The van der Waals surface area contributed by atoms with E-state index < -0.39 is 6.10 Å². The molecule has 0 amide bonds. The highest BCUT2D eigenvalue weighted by molar-refractivity contribution is 5.71. The first-order chi connectivity index (χ1) is 38.5. The van der Waals surface area contributed by atoms with E-state index in [2.05, 4.69) is 81.5 Å². The molecule has 0 saturated carbocycles. The highest BCUT2D eigenvalue weighted by Crippen LogP contribution is 2.17. The molecule has 0 bridgehead atoms. The van der Waals surface area contributed by atoms with Crippen LogP contribution in [0.4, 0.5) is 0 Å². The summed E-state index contributed by atoms with van der Waals surface area (Å²) >= 11 is 0.